The Hall–Kier alpha value is -5.03. The minimum Gasteiger partial charge on any atom is -0.488 e. The fraction of sp³-hybridized carbons (Fsp3) is 0.522. The van der Waals surface area contributed by atoms with Crippen LogP contribution in [0.4, 0.5) is 11.6 Å². The maximum Gasteiger partial charge on any atom is 0.252 e. The molecule has 62 heavy (non-hydrogen) atoms. The molecule has 2 unspecified atom stereocenters. The number of amides is 1. The lowest BCUT2D eigenvalue weighted by Gasteiger charge is -2.47. The number of likely N-dealkylation sites (tertiary alicyclic amines) is 1. The molecule has 4 fully saturated rings. The molecule has 2 atom stereocenters. The van der Waals surface area contributed by atoms with Crippen LogP contribution in [0.5, 0.6) is 5.75 Å². The lowest BCUT2D eigenvalue weighted by molar-refractivity contribution is -0.126. The molecule has 15 nitrogen and oxygen atoms in total. The third-order valence-electron chi connectivity index (χ3n) is 13.2. The lowest BCUT2D eigenvalue weighted by atomic mass is 9.97. The van der Waals surface area contributed by atoms with Crippen LogP contribution in [0.15, 0.2) is 70.5 Å². The van der Waals surface area contributed by atoms with Gasteiger partial charge in [0, 0.05) is 106 Å². The fourth-order valence-electron chi connectivity index (χ4n) is 9.66. The second kappa shape index (κ2) is 20.0. The van der Waals surface area contributed by atoms with Gasteiger partial charge < -0.3 is 25.1 Å². The van der Waals surface area contributed by atoms with Crippen LogP contribution in [-0.2, 0) is 27.1 Å². The summed E-state index contributed by atoms with van der Waals surface area (Å²) in [6.45, 7) is 5.22. The second-order valence-corrected chi connectivity index (χ2v) is 18.7. The predicted octanol–water partition coefficient (Wildman–Crippen LogP) is 4.58. The van der Waals surface area contributed by atoms with Gasteiger partial charge in [0.25, 0.3) is 5.56 Å². The molecule has 330 valence electrons. The average molecular weight is 866 g/mol. The van der Waals surface area contributed by atoms with E-state index in [9.17, 15) is 23.4 Å². The van der Waals surface area contributed by atoms with Gasteiger partial charge >= 0.3 is 0 Å². The molecule has 2 aromatic heterocycles. The van der Waals surface area contributed by atoms with Crippen molar-refractivity contribution in [2.75, 3.05) is 63.6 Å². The predicted molar refractivity (Wildman–Crippen MR) is 240 cm³/mol. The number of pyridine rings is 1. The van der Waals surface area contributed by atoms with Crippen molar-refractivity contribution in [2.45, 2.75) is 106 Å². The molecular formula is C46H59N9O6S. The number of likely N-dealkylation sites (N-methyl/N-ethyl adjacent to an activating group) is 2. The maximum atomic E-state index is 13.8. The number of anilines is 2. The minimum absolute atomic E-state index is 0.0101. The van der Waals surface area contributed by atoms with Crippen molar-refractivity contribution in [3.63, 3.8) is 0 Å². The third kappa shape index (κ3) is 9.93. The van der Waals surface area contributed by atoms with Gasteiger partial charge in [-0.15, -0.1) is 0 Å². The average Bonchev–Trinajstić information content (AvgIpc) is 3.82. The van der Waals surface area contributed by atoms with Crippen LogP contribution < -0.4 is 25.8 Å². The number of carbonyl (C=O) groups excluding carboxylic acids is 3. The number of nitrogens with one attached hydrogen (secondary N) is 2. The Morgan fingerprint density at radius 1 is 0.968 bits per heavy atom. The van der Waals surface area contributed by atoms with Gasteiger partial charge in [0.15, 0.2) is 0 Å². The highest BCUT2D eigenvalue weighted by molar-refractivity contribution is 7.82. The molecule has 2 aromatic carbocycles. The first-order chi connectivity index (χ1) is 30.2. The number of nitrogens with zero attached hydrogens (tertiary/aromatic N) is 7. The van der Waals surface area contributed by atoms with Crippen molar-refractivity contribution in [3.8, 4) is 5.75 Å². The topological polar surface area (TPSA) is 162 Å². The summed E-state index contributed by atoms with van der Waals surface area (Å²) in [6.07, 6.45) is 12.1. The molecule has 1 aliphatic carbocycles. The molecule has 0 spiro atoms. The number of aldehydes is 2. The Balaban J connectivity index is 0.790. The Morgan fingerprint density at radius 2 is 1.74 bits per heavy atom. The SMILES string of the molecule is CNC(=O)C(CCC=O)N(C)Cc1cc(N2CCC(N3CC(Oc4cccc(S(=O)N5CCC(Nc6ncc7ccc(=O)n(C8CCCC8)c7n6)CC5)c4)C3)CC2)ccc1C=O. The Labute approximate surface area is 365 Å². The lowest BCUT2D eigenvalue weighted by Crippen LogP contribution is -2.59. The van der Waals surface area contributed by atoms with Crippen LogP contribution >= 0.6 is 0 Å². The van der Waals surface area contributed by atoms with Gasteiger partial charge in [-0.2, -0.15) is 4.98 Å². The standard InChI is InChI=1S/C46H59N9O6S/c1-47-45(59)42(11-6-24-56)51(2)28-34-25-38(14-12-33(34)31-57)52-20-18-36(19-21-52)53-29-40(30-53)61-39-9-5-10-41(26-39)62(60)54-22-16-35(17-23-54)49-46-48-27-32-13-15-43(58)55(44(32)50-46)37-7-3-4-8-37/h5,9-10,12-15,24-27,31,35-37,40,42H,3-4,6-8,11,16-23,28-30H2,1-2H3,(H,47,59)(H,48,49,50). The number of hydrogen-bond acceptors (Lipinski definition) is 12. The number of ether oxygens (including phenoxy) is 1. The minimum atomic E-state index is -1.32. The van der Waals surface area contributed by atoms with Crippen LogP contribution in [0.1, 0.15) is 86.2 Å². The number of hydrogen-bond donors (Lipinski definition) is 2. The molecule has 16 heteroatoms. The molecule has 2 N–H and O–H groups in total. The molecule has 1 saturated carbocycles. The van der Waals surface area contributed by atoms with Crippen molar-refractivity contribution in [2.24, 2.45) is 0 Å². The molecule has 4 aromatic rings. The first-order valence-corrected chi connectivity index (χ1v) is 23.3. The molecule has 0 bridgehead atoms. The van der Waals surface area contributed by atoms with Crippen LogP contribution in [0, 0.1) is 0 Å². The van der Waals surface area contributed by atoms with Crippen molar-refractivity contribution in [1.29, 1.82) is 0 Å². The number of fused-ring (bicyclic) bond motifs is 1. The van der Waals surface area contributed by atoms with E-state index in [0.717, 1.165) is 117 Å². The molecule has 3 aliphatic heterocycles. The van der Waals surface area contributed by atoms with E-state index < -0.39 is 17.0 Å². The van der Waals surface area contributed by atoms with Crippen LogP contribution in [-0.4, -0.2) is 129 Å². The van der Waals surface area contributed by atoms with E-state index in [4.69, 9.17) is 9.72 Å². The number of carbonyl (C=O) groups is 3. The van der Waals surface area contributed by atoms with E-state index in [1.807, 2.05) is 57.2 Å². The summed E-state index contributed by atoms with van der Waals surface area (Å²) in [5.74, 6) is 1.12. The van der Waals surface area contributed by atoms with Crippen molar-refractivity contribution < 1.29 is 23.3 Å². The van der Waals surface area contributed by atoms with Crippen molar-refractivity contribution in [3.05, 3.63) is 82.3 Å². The summed E-state index contributed by atoms with van der Waals surface area (Å²) in [6, 6.07) is 17.4. The Morgan fingerprint density at radius 3 is 2.47 bits per heavy atom. The highest BCUT2D eigenvalue weighted by Gasteiger charge is 2.36. The zero-order valence-electron chi connectivity index (χ0n) is 35.8. The normalized spacial score (nSPS) is 19.6. The molecule has 4 aliphatic rings. The summed E-state index contributed by atoms with van der Waals surface area (Å²) >= 11 is 0. The third-order valence-corrected chi connectivity index (χ3v) is 14.7. The molecule has 1 amide bonds. The van der Waals surface area contributed by atoms with Crippen LogP contribution in [0.3, 0.4) is 0 Å². The summed E-state index contributed by atoms with van der Waals surface area (Å²) in [5.41, 5.74) is 3.20. The number of aromatic nitrogens is 3. The van der Waals surface area contributed by atoms with E-state index in [-0.39, 0.29) is 36.1 Å². The van der Waals surface area contributed by atoms with E-state index in [1.165, 1.54) is 0 Å². The summed E-state index contributed by atoms with van der Waals surface area (Å²) in [7, 11) is 2.13. The van der Waals surface area contributed by atoms with Gasteiger partial charge in [0.1, 0.15) is 41.1 Å². The molecule has 0 radical (unpaired) electrons. The van der Waals surface area contributed by atoms with E-state index in [1.54, 1.807) is 25.4 Å². The van der Waals surface area contributed by atoms with Gasteiger partial charge in [-0.3, -0.25) is 28.8 Å². The second-order valence-electron chi connectivity index (χ2n) is 17.2. The zero-order valence-corrected chi connectivity index (χ0v) is 36.6. The van der Waals surface area contributed by atoms with Gasteiger partial charge in [0.2, 0.25) is 11.9 Å². The summed E-state index contributed by atoms with van der Waals surface area (Å²) in [5, 5.41) is 7.05. The van der Waals surface area contributed by atoms with Gasteiger partial charge in [-0.25, -0.2) is 13.5 Å². The van der Waals surface area contributed by atoms with Crippen LogP contribution in [0.25, 0.3) is 11.0 Å². The highest BCUT2D eigenvalue weighted by Crippen LogP contribution is 2.32. The van der Waals surface area contributed by atoms with Crippen molar-refractivity contribution >= 4 is 52.1 Å². The zero-order chi connectivity index (χ0) is 43.2. The molecule has 8 rings (SSSR count). The number of rotatable bonds is 17. The molecular weight excluding hydrogens is 807 g/mol. The van der Waals surface area contributed by atoms with E-state index >= 15 is 0 Å². The summed E-state index contributed by atoms with van der Waals surface area (Å²) < 4.78 is 24.0. The first kappa shape index (κ1) is 43.6. The summed E-state index contributed by atoms with van der Waals surface area (Å²) in [4.78, 5) is 65.3. The largest absolute Gasteiger partial charge is 0.488 e. The van der Waals surface area contributed by atoms with Gasteiger partial charge in [-0.05, 0) is 100 Å². The number of benzene rings is 2. The molecule has 5 heterocycles. The van der Waals surface area contributed by atoms with E-state index in [0.29, 0.717) is 49.3 Å². The smallest absolute Gasteiger partial charge is 0.252 e. The maximum absolute atomic E-state index is 13.8. The quantitative estimate of drug-likeness (QED) is 0.143. The Kier molecular flexibility index (Phi) is 14.1. The van der Waals surface area contributed by atoms with Gasteiger partial charge in [0.05, 0.1) is 10.9 Å². The Bertz CT molecular complexity index is 2300. The van der Waals surface area contributed by atoms with Crippen molar-refractivity contribution in [1.82, 2.24) is 34.0 Å². The highest BCUT2D eigenvalue weighted by atomic mass is 32.2. The number of piperidine rings is 2. The van der Waals surface area contributed by atoms with E-state index in [2.05, 4.69) is 31.5 Å². The first-order valence-electron chi connectivity index (χ1n) is 22.2. The molecule has 3 saturated heterocycles. The van der Waals surface area contributed by atoms with Crippen LogP contribution in [0.2, 0.25) is 0 Å². The fourth-order valence-corrected chi connectivity index (χ4v) is 10.9. The monoisotopic (exact) mass is 865 g/mol. The van der Waals surface area contributed by atoms with Gasteiger partial charge in [-0.1, -0.05) is 18.9 Å².